The second-order valence-corrected chi connectivity index (χ2v) is 9.21. The molecule has 2 unspecified atom stereocenters. The summed E-state index contributed by atoms with van der Waals surface area (Å²) in [4.78, 5) is 30.3. The molecular weight excluding hydrogens is 432 g/mol. The van der Waals surface area contributed by atoms with E-state index in [2.05, 4.69) is 20.4 Å². The first-order valence-corrected chi connectivity index (χ1v) is 11.6. The lowest BCUT2D eigenvalue weighted by molar-refractivity contribution is -0.150. The molecule has 34 heavy (non-hydrogen) atoms. The van der Waals surface area contributed by atoms with Gasteiger partial charge in [-0.3, -0.25) is 14.5 Å². The van der Waals surface area contributed by atoms with Crippen LogP contribution in [-0.4, -0.2) is 61.6 Å². The predicted octanol–water partition coefficient (Wildman–Crippen LogP) is 2.45. The molecule has 0 radical (unpaired) electrons. The molecule has 4 rings (SSSR count). The molecule has 1 aliphatic rings. The topological polar surface area (TPSA) is 96.5 Å². The molecule has 9 nitrogen and oxygen atoms in total. The van der Waals surface area contributed by atoms with Crippen molar-refractivity contribution in [1.29, 1.82) is 0 Å². The number of furan rings is 1. The predicted molar refractivity (Wildman–Crippen MR) is 127 cm³/mol. The number of nitrogens with zero attached hydrogens (tertiary/aromatic N) is 5. The second-order valence-electron chi connectivity index (χ2n) is 9.21. The molecule has 1 aromatic carbocycles. The quantitative estimate of drug-likeness (QED) is 0.577. The maximum Gasteiger partial charge on any atom is 0.244 e. The third-order valence-electron chi connectivity index (χ3n) is 6.21. The zero-order valence-electron chi connectivity index (χ0n) is 20.1. The fraction of sp³-hybridized carbons (Fsp3) is 0.440. The largest absolute Gasteiger partial charge is 0.464 e. The SMILES string of the molecule is CC(C)C(=O)N1C(C)CN(Cc2nncn2C)CC1C(=O)NCc1ccc(-c2ccco2)cc1. The van der Waals surface area contributed by atoms with Crippen LogP contribution in [0, 0.1) is 5.92 Å². The number of carbonyl (C=O) groups excluding carboxylic acids is 2. The van der Waals surface area contributed by atoms with Gasteiger partial charge in [0.05, 0.1) is 12.8 Å². The zero-order chi connectivity index (χ0) is 24.2. The summed E-state index contributed by atoms with van der Waals surface area (Å²) in [5, 5.41) is 11.2. The van der Waals surface area contributed by atoms with Gasteiger partial charge in [-0.1, -0.05) is 38.1 Å². The Balaban J connectivity index is 1.46. The summed E-state index contributed by atoms with van der Waals surface area (Å²) in [6, 6.07) is 11.0. The number of amides is 2. The van der Waals surface area contributed by atoms with E-state index in [1.807, 2.05) is 68.8 Å². The van der Waals surface area contributed by atoms with Crippen LogP contribution in [0.4, 0.5) is 0 Å². The van der Waals surface area contributed by atoms with Gasteiger partial charge in [-0.15, -0.1) is 10.2 Å². The van der Waals surface area contributed by atoms with E-state index in [4.69, 9.17) is 4.42 Å². The average Bonchev–Trinajstić information content (AvgIpc) is 3.49. The summed E-state index contributed by atoms with van der Waals surface area (Å²) in [5.41, 5.74) is 1.96. The zero-order valence-corrected chi connectivity index (χ0v) is 20.1. The molecule has 1 aliphatic heterocycles. The summed E-state index contributed by atoms with van der Waals surface area (Å²) >= 11 is 0. The number of hydrogen-bond donors (Lipinski definition) is 1. The van der Waals surface area contributed by atoms with Crippen LogP contribution in [0.25, 0.3) is 11.3 Å². The molecule has 2 amide bonds. The summed E-state index contributed by atoms with van der Waals surface area (Å²) < 4.78 is 7.31. The van der Waals surface area contributed by atoms with Crippen molar-refractivity contribution in [3.63, 3.8) is 0 Å². The highest BCUT2D eigenvalue weighted by Gasteiger charge is 2.40. The normalized spacial score (nSPS) is 18.9. The summed E-state index contributed by atoms with van der Waals surface area (Å²) in [5.74, 6) is 1.29. The number of piperazine rings is 1. The highest BCUT2D eigenvalue weighted by molar-refractivity contribution is 5.89. The minimum absolute atomic E-state index is 0.00578. The van der Waals surface area contributed by atoms with Crippen LogP contribution < -0.4 is 5.32 Å². The fourth-order valence-corrected chi connectivity index (χ4v) is 4.37. The number of hydrogen-bond acceptors (Lipinski definition) is 6. The standard InChI is InChI=1S/C25H32N6O3/c1-17(2)25(33)31-18(3)13-30(15-23-28-27-16-29(23)4)14-21(31)24(32)26-12-19-7-9-20(10-8-19)22-6-5-11-34-22/h5-11,16-18,21H,12-15H2,1-4H3,(H,26,32). The van der Waals surface area contributed by atoms with Crippen LogP contribution in [0.3, 0.4) is 0 Å². The maximum absolute atomic E-state index is 13.3. The Bertz CT molecular complexity index is 1110. The third kappa shape index (κ3) is 5.20. The van der Waals surface area contributed by atoms with E-state index < -0.39 is 6.04 Å². The Hall–Kier alpha value is -3.46. The molecule has 0 spiro atoms. The number of carbonyl (C=O) groups is 2. The van der Waals surface area contributed by atoms with E-state index in [0.29, 0.717) is 26.2 Å². The number of nitrogens with one attached hydrogen (secondary N) is 1. The Morgan fingerprint density at radius 1 is 1.18 bits per heavy atom. The Labute approximate surface area is 199 Å². The van der Waals surface area contributed by atoms with Gasteiger partial charge in [0.15, 0.2) is 0 Å². The van der Waals surface area contributed by atoms with Gasteiger partial charge < -0.3 is 19.2 Å². The van der Waals surface area contributed by atoms with Crippen molar-refractivity contribution in [1.82, 2.24) is 29.9 Å². The molecule has 1 saturated heterocycles. The van der Waals surface area contributed by atoms with Crippen molar-refractivity contribution >= 4 is 11.8 Å². The van der Waals surface area contributed by atoms with E-state index in [9.17, 15) is 9.59 Å². The monoisotopic (exact) mass is 464 g/mol. The molecule has 180 valence electrons. The van der Waals surface area contributed by atoms with Crippen molar-refractivity contribution in [3.8, 4) is 11.3 Å². The van der Waals surface area contributed by atoms with Gasteiger partial charge in [-0.05, 0) is 24.6 Å². The molecule has 2 aromatic heterocycles. The van der Waals surface area contributed by atoms with Crippen LogP contribution in [0.2, 0.25) is 0 Å². The lowest BCUT2D eigenvalue weighted by atomic mass is 10.0. The number of aromatic nitrogens is 3. The van der Waals surface area contributed by atoms with Gasteiger partial charge in [0.25, 0.3) is 0 Å². The minimum atomic E-state index is -0.575. The third-order valence-corrected chi connectivity index (χ3v) is 6.21. The highest BCUT2D eigenvalue weighted by Crippen LogP contribution is 2.22. The molecule has 0 bridgehead atoms. The number of aryl methyl sites for hydroxylation is 1. The molecule has 3 heterocycles. The number of benzene rings is 1. The summed E-state index contributed by atoms with van der Waals surface area (Å²) in [7, 11) is 1.90. The molecule has 1 N–H and O–H groups in total. The Kier molecular flexibility index (Phi) is 7.12. The van der Waals surface area contributed by atoms with Crippen molar-refractivity contribution < 1.29 is 14.0 Å². The van der Waals surface area contributed by atoms with Crippen LogP contribution in [0.1, 0.15) is 32.2 Å². The van der Waals surface area contributed by atoms with Crippen molar-refractivity contribution in [3.05, 3.63) is 60.4 Å². The molecule has 2 atom stereocenters. The molecule has 3 aromatic rings. The molecule has 0 saturated carbocycles. The van der Waals surface area contributed by atoms with Gasteiger partial charge in [0.2, 0.25) is 11.8 Å². The average molecular weight is 465 g/mol. The van der Waals surface area contributed by atoms with E-state index >= 15 is 0 Å². The van der Waals surface area contributed by atoms with E-state index in [1.165, 1.54) is 0 Å². The van der Waals surface area contributed by atoms with Gasteiger partial charge in [-0.2, -0.15) is 0 Å². The molecule has 0 aliphatic carbocycles. The smallest absolute Gasteiger partial charge is 0.244 e. The highest BCUT2D eigenvalue weighted by atomic mass is 16.3. The van der Waals surface area contributed by atoms with Gasteiger partial charge in [-0.25, -0.2) is 0 Å². The Morgan fingerprint density at radius 2 is 1.94 bits per heavy atom. The first-order valence-electron chi connectivity index (χ1n) is 11.6. The lowest BCUT2D eigenvalue weighted by Crippen LogP contribution is -2.64. The Morgan fingerprint density at radius 3 is 2.56 bits per heavy atom. The first kappa shape index (κ1) is 23.7. The van der Waals surface area contributed by atoms with E-state index in [0.717, 1.165) is 22.7 Å². The van der Waals surface area contributed by atoms with Gasteiger partial charge in [0, 0.05) is 44.2 Å². The fourth-order valence-electron chi connectivity index (χ4n) is 4.37. The van der Waals surface area contributed by atoms with Crippen LogP contribution in [0.5, 0.6) is 0 Å². The van der Waals surface area contributed by atoms with Gasteiger partial charge >= 0.3 is 0 Å². The van der Waals surface area contributed by atoms with Crippen molar-refractivity contribution in [2.75, 3.05) is 13.1 Å². The van der Waals surface area contributed by atoms with Crippen LogP contribution in [0.15, 0.2) is 53.4 Å². The molecule has 1 fully saturated rings. The van der Waals surface area contributed by atoms with E-state index in [-0.39, 0.29) is 23.8 Å². The molecular formula is C25H32N6O3. The number of rotatable bonds is 7. The molecule has 9 heteroatoms. The van der Waals surface area contributed by atoms with Crippen molar-refractivity contribution in [2.45, 2.75) is 45.9 Å². The summed E-state index contributed by atoms with van der Waals surface area (Å²) in [6.07, 6.45) is 3.31. The first-order chi connectivity index (χ1) is 16.3. The van der Waals surface area contributed by atoms with E-state index in [1.54, 1.807) is 17.5 Å². The second kappa shape index (κ2) is 10.2. The van der Waals surface area contributed by atoms with Gasteiger partial charge in [0.1, 0.15) is 24.0 Å². The van der Waals surface area contributed by atoms with Crippen LogP contribution in [-0.2, 0) is 29.7 Å². The minimum Gasteiger partial charge on any atom is -0.464 e. The van der Waals surface area contributed by atoms with Crippen LogP contribution >= 0.6 is 0 Å². The van der Waals surface area contributed by atoms with Crippen molar-refractivity contribution in [2.24, 2.45) is 13.0 Å². The summed E-state index contributed by atoms with van der Waals surface area (Å²) in [6.45, 7) is 7.81. The lowest BCUT2D eigenvalue weighted by Gasteiger charge is -2.45. The maximum atomic E-state index is 13.3.